The first-order chi connectivity index (χ1) is 14.0. The van der Waals surface area contributed by atoms with Crippen LogP contribution in [-0.4, -0.2) is 23.3 Å². The molecule has 1 aromatic carbocycles. The van der Waals surface area contributed by atoms with Crippen molar-refractivity contribution in [2.75, 3.05) is 12.4 Å². The first-order valence-corrected chi connectivity index (χ1v) is 11.0. The number of nitrogens with one attached hydrogen (secondary N) is 1. The number of hydrogen-bond donors (Lipinski definition) is 1. The van der Waals surface area contributed by atoms with Crippen LogP contribution >= 0.6 is 23.4 Å². The van der Waals surface area contributed by atoms with Crippen LogP contribution in [0.5, 0.6) is 5.75 Å². The fourth-order valence-electron chi connectivity index (χ4n) is 3.35. The van der Waals surface area contributed by atoms with Crippen molar-refractivity contribution >= 4 is 35.0 Å². The van der Waals surface area contributed by atoms with E-state index in [1.807, 2.05) is 13.0 Å². The molecule has 0 bridgehead atoms. The summed E-state index contributed by atoms with van der Waals surface area (Å²) in [7, 11) is 1.54. The molecule has 29 heavy (non-hydrogen) atoms. The molecule has 1 aliphatic rings. The molecule has 3 rings (SSSR count). The van der Waals surface area contributed by atoms with E-state index in [-0.39, 0.29) is 5.91 Å². The van der Waals surface area contributed by atoms with Crippen molar-refractivity contribution in [1.82, 2.24) is 4.98 Å². The summed E-state index contributed by atoms with van der Waals surface area (Å²) in [6.07, 6.45) is 6.59. The lowest BCUT2D eigenvalue weighted by molar-refractivity contribution is -0.115. The molecule has 1 aromatic heterocycles. The molecule has 152 valence electrons. The SMILES string of the molecule is COc1ccc(NC(=O)C(C)Sc2nc3c(cc2C#N)CCCCCC3)cc1Cl. The first kappa shape index (κ1) is 21.5. The number of methoxy groups -OCH3 is 1. The lowest BCUT2D eigenvalue weighted by Gasteiger charge is -2.17. The van der Waals surface area contributed by atoms with E-state index in [4.69, 9.17) is 21.3 Å². The first-order valence-electron chi connectivity index (χ1n) is 9.75. The molecule has 5 nitrogen and oxygen atoms in total. The zero-order valence-electron chi connectivity index (χ0n) is 16.6. The van der Waals surface area contributed by atoms with Crippen molar-refractivity contribution < 1.29 is 9.53 Å². The van der Waals surface area contributed by atoms with E-state index in [1.54, 1.807) is 25.3 Å². The van der Waals surface area contributed by atoms with Crippen LogP contribution in [0.2, 0.25) is 5.02 Å². The number of halogens is 1. The van der Waals surface area contributed by atoms with Crippen LogP contribution in [0.1, 0.15) is 49.4 Å². The maximum absolute atomic E-state index is 12.7. The molecule has 0 saturated carbocycles. The third kappa shape index (κ3) is 5.43. The van der Waals surface area contributed by atoms with Crippen molar-refractivity contribution in [3.63, 3.8) is 0 Å². The number of fused-ring (bicyclic) bond motifs is 1. The minimum absolute atomic E-state index is 0.173. The third-order valence-electron chi connectivity index (χ3n) is 4.96. The summed E-state index contributed by atoms with van der Waals surface area (Å²) < 4.78 is 5.13. The topological polar surface area (TPSA) is 75.0 Å². The summed E-state index contributed by atoms with van der Waals surface area (Å²) in [5, 5.41) is 13.1. The van der Waals surface area contributed by atoms with Gasteiger partial charge in [0.2, 0.25) is 5.91 Å². The molecule has 0 spiro atoms. The minimum atomic E-state index is -0.415. The molecule has 1 atom stereocenters. The fourth-order valence-corrected chi connectivity index (χ4v) is 4.50. The number of ether oxygens (including phenoxy) is 1. The number of aryl methyl sites for hydroxylation is 2. The fraction of sp³-hybridized carbons (Fsp3) is 0.409. The summed E-state index contributed by atoms with van der Waals surface area (Å²) in [5.41, 5.74) is 3.39. The number of pyridine rings is 1. The van der Waals surface area contributed by atoms with Crippen molar-refractivity contribution in [3.05, 3.63) is 46.1 Å². The number of hydrogen-bond acceptors (Lipinski definition) is 5. The number of anilines is 1. The average Bonchev–Trinajstić information content (AvgIpc) is 2.69. The zero-order chi connectivity index (χ0) is 20.8. The second-order valence-corrected chi connectivity index (χ2v) is 8.81. The van der Waals surface area contributed by atoms with Crippen molar-refractivity contribution in [3.8, 4) is 11.8 Å². The molecule has 0 saturated heterocycles. The summed E-state index contributed by atoms with van der Waals surface area (Å²) in [4.78, 5) is 17.4. The van der Waals surface area contributed by atoms with Gasteiger partial charge in [0.1, 0.15) is 16.8 Å². The van der Waals surface area contributed by atoms with Crippen molar-refractivity contribution in [1.29, 1.82) is 5.26 Å². The number of benzene rings is 1. The van der Waals surface area contributed by atoms with Gasteiger partial charge in [-0.05, 0) is 62.4 Å². The van der Waals surface area contributed by atoms with E-state index < -0.39 is 5.25 Å². The Labute approximate surface area is 180 Å². The highest BCUT2D eigenvalue weighted by molar-refractivity contribution is 8.00. The van der Waals surface area contributed by atoms with Gasteiger partial charge in [-0.25, -0.2) is 4.98 Å². The summed E-state index contributed by atoms with van der Waals surface area (Å²) in [5.74, 6) is 0.379. The van der Waals surface area contributed by atoms with Crippen LogP contribution in [0.4, 0.5) is 5.69 Å². The minimum Gasteiger partial charge on any atom is -0.495 e. The summed E-state index contributed by atoms with van der Waals surface area (Å²) >= 11 is 7.44. The predicted molar refractivity (Wildman–Crippen MR) is 117 cm³/mol. The van der Waals surface area contributed by atoms with Crippen LogP contribution in [0, 0.1) is 11.3 Å². The number of thioether (sulfide) groups is 1. The van der Waals surface area contributed by atoms with Crippen LogP contribution < -0.4 is 10.1 Å². The number of amides is 1. The van der Waals surface area contributed by atoms with Crippen molar-refractivity contribution in [2.45, 2.75) is 55.7 Å². The van der Waals surface area contributed by atoms with Crippen LogP contribution in [0.25, 0.3) is 0 Å². The molecule has 1 unspecified atom stereocenters. The molecule has 1 heterocycles. The van der Waals surface area contributed by atoms with Gasteiger partial charge in [-0.3, -0.25) is 4.79 Å². The van der Waals surface area contributed by atoms with Crippen LogP contribution in [0.3, 0.4) is 0 Å². The Morgan fingerprint density at radius 2 is 2.03 bits per heavy atom. The maximum Gasteiger partial charge on any atom is 0.237 e. The van der Waals surface area contributed by atoms with Gasteiger partial charge in [0.15, 0.2) is 0 Å². The Morgan fingerprint density at radius 1 is 1.28 bits per heavy atom. The Kier molecular flexibility index (Phi) is 7.40. The molecule has 0 aliphatic heterocycles. The van der Waals surface area contributed by atoms with Gasteiger partial charge in [-0.2, -0.15) is 5.26 Å². The predicted octanol–water partition coefficient (Wildman–Crippen LogP) is 5.39. The largest absolute Gasteiger partial charge is 0.495 e. The van der Waals surface area contributed by atoms with Gasteiger partial charge < -0.3 is 10.1 Å². The summed E-state index contributed by atoms with van der Waals surface area (Å²) in [6.45, 7) is 1.81. The highest BCUT2D eigenvalue weighted by Gasteiger charge is 2.20. The van der Waals surface area contributed by atoms with Gasteiger partial charge >= 0.3 is 0 Å². The summed E-state index contributed by atoms with van der Waals surface area (Å²) in [6, 6.07) is 9.31. The van der Waals surface area contributed by atoms with E-state index in [0.717, 1.165) is 31.4 Å². The number of rotatable bonds is 5. The number of nitriles is 1. The second-order valence-electron chi connectivity index (χ2n) is 7.07. The molecular formula is C22H24ClN3O2S. The highest BCUT2D eigenvalue weighted by Crippen LogP contribution is 2.31. The average molecular weight is 430 g/mol. The van der Waals surface area contributed by atoms with Crippen molar-refractivity contribution in [2.24, 2.45) is 0 Å². The van der Waals surface area contributed by atoms with Gasteiger partial charge in [-0.1, -0.05) is 36.2 Å². The monoisotopic (exact) mass is 429 g/mol. The molecule has 7 heteroatoms. The van der Waals surface area contributed by atoms with E-state index in [1.165, 1.54) is 30.2 Å². The molecular weight excluding hydrogens is 406 g/mol. The molecule has 1 N–H and O–H groups in total. The molecule has 2 aromatic rings. The molecule has 1 aliphatic carbocycles. The van der Waals surface area contributed by atoms with Gasteiger partial charge in [0, 0.05) is 11.4 Å². The van der Waals surface area contributed by atoms with Gasteiger partial charge in [0.05, 0.1) is 22.9 Å². The number of aromatic nitrogens is 1. The lowest BCUT2D eigenvalue weighted by Crippen LogP contribution is -2.22. The zero-order valence-corrected chi connectivity index (χ0v) is 18.2. The molecule has 1 amide bonds. The number of nitrogens with zero attached hydrogens (tertiary/aromatic N) is 2. The van der Waals surface area contributed by atoms with Crippen LogP contribution in [0.15, 0.2) is 29.3 Å². The Bertz CT molecular complexity index is 942. The molecule has 0 fully saturated rings. The Balaban J connectivity index is 1.74. The number of carbonyl (C=O) groups is 1. The quantitative estimate of drug-likeness (QED) is 0.644. The third-order valence-corrected chi connectivity index (χ3v) is 6.36. The Morgan fingerprint density at radius 3 is 2.72 bits per heavy atom. The molecule has 0 radical (unpaired) electrons. The van der Waals surface area contributed by atoms with E-state index in [0.29, 0.717) is 27.0 Å². The van der Waals surface area contributed by atoms with E-state index >= 15 is 0 Å². The number of carbonyl (C=O) groups excluding carboxylic acids is 1. The van der Waals surface area contributed by atoms with E-state index in [2.05, 4.69) is 11.4 Å². The van der Waals surface area contributed by atoms with Crippen LogP contribution in [-0.2, 0) is 17.6 Å². The Hall–Kier alpha value is -2.23. The van der Waals surface area contributed by atoms with Gasteiger partial charge in [0.25, 0.3) is 0 Å². The maximum atomic E-state index is 12.7. The lowest BCUT2D eigenvalue weighted by atomic mass is 9.96. The second kappa shape index (κ2) is 10.00. The standard InChI is InChI=1S/C22H24ClN3O2S/c1-14(21(27)25-17-9-10-20(28-2)18(23)12-17)29-22-16(13-24)11-15-7-5-3-4-6-8-19(15)26-22/h9-12,14H,3-8H2,1-2H3,(H,25,27). The smallest absolute Gasteiger partial charge is 0.237 e. The van der Waals surface area contributed by atoms with Gasteiger partial charge in [-0.15, -0.1) is 0 Å². The highest BCUT2D eigenvalue weighted by atomic mass is 35.5. The normalized spacial score (nSPS) is 14.7. The van der Waals surface area contributed by atoms with E-state index in [9.17, 15) is 10.1 Å².